The largest absolute Gasteiger partial charge is 0.495 e. The van der Waals surface area contributed by atoms with Gasteiger partial charge in [-0.1, -0.05) is 19.1 Å². The van der Waals surface area contributed by atoms with E-state index in [4.69, 9.17) is 9.73 Å². The van der Waals surface area contributed by atoms with E-state index in [0.717, 1.165) is 46.6 Å². The summed E-state index contributed by atoms with van der Waals surface area (Å²) in [6.45, 7) is 11.4. The van der Waals surface area contributed by atoms with Crippen molar-refractivity contribution in [2.24, 2.45) is 4.99 Å². The predicted octanol–water partition coefficient (Wildman–Crippen LogP) is 4.93. The number of guanidine groups is 1. The number of benzene rings is 2. The molecular weight excluding hydrogens is 414 g/mol. The Morgan fingerprint density at radius 3 is 2.58 bits per heavy atom. The molecule has 3 rings (SSSR count). The van der Waals surface area contributed by atoms with Crippen molar-refractivity contribution in [2.75, 3.05) is 12.4 Å². The Morgan fingerprint density at radius 2 is 1.88 bits per heavy atom. The van der Waals surface area contributed by atoms with Crippen LogP contribution in [-0.2, 0) is 13.1 Å². The monoisotopic (exact) mass is 447 g/mol. The van der Waals surface area contributed by atoms with Gasteiger partial charge in [0.05, 0.1) is 25.0 Å². The number of ether oxygens (including phenoxy) is 1. The molecule has 1 heterocycles. The standard InChI is InChI=1S/C26H33N5O2/c1-7-12-31-16-22(20(5)30-31)15-27-26(28-23-13-17(2)8-11-24(23)33-6)29-25(32)21-10-9-18(3)19(4)14-21/h8-11,13-14,16H,7,12,15H2,1-6H3,(H2,27,28,29,32). The lowest BCUT2D eigenvalue weighted by molar-refractivity contribution is 0.0976. The molecule has 1 aromatic heterocycles. The fourth-order valence-corrected chi connectivity index (χ4v) is 3.44. The summed E-state index contributed by atoms with van der Waals surface area (Å²) in [7, 11) is 1.62. The number of rotatable bonds is 7. The third kappa shape index (κ3) is 6.22. The molecule has 0 radical (unpaired) electrons. The van der Waals surface area contributed by atoms with Crippen LogP contribution in [0.25, 0.3) is 0 Å². The van der Waals surface area contributed by atoms with E-state index in [-0.39, 0.29) is 5.91 Å². The third-order valence-electron chi connectivity index (χ3n) is 5.52. The van der Waals surface area contributed by atoms with E-state index >= 15 is 0 Å². The first-order chi connectivity index (χ1) is 15.8. The fraction of sp³-hybridized carbons (Fsp3) is 0.346. The van der Waals surface area contributed by atoms with Crippen LogP contribution >= 0.6 is 0 Å². The van der Waals surface area contributed by atoms with Crippen molar-refractivity contribution in [3.8, 4) is 5.75 Å². The minimum Gasteiger partial charge on any atom is -0.495 e. The van der Waals surface area contributed by atoms with E-state index in [2.05, 4.69) is 22.7 Å². The summed E-state index contributed by atoms with van der Waals surface area (Å²) in [5, 5.41) is 10.7. The minimum absolute atomic E-state index is 0.227. The number of hydrogen-bond donors (Lipinski definition) is 2. The van der Waals surface area contributed by atoms with Crippen LogP contribution in [-0.4, -0.2) is 28.8 Å². The summed E-state index contributed by atoms with van der Waals surface area (Å²) in [5.74, 6) is 0.791. The molecule has 0 aliphatic carbocycles. The molecule has 33 heavy (non-hydrogen) atoms. The first kappa shape index (κ1) is 24.0. The van der Waals surface area contributed by atoms with E-state index < -0.39 is 0 Å². The average molecular weight is 448 g/mol. The van der Waals surface area contributed by atoms with Gasteiger partial charge in [-0.2, -0.15) is 5.10 Å². The molecule has 0 spiro atoms. The number of aliphatic imine (C=N–C) groups is 1. The number of hydrogen-bond acceptors (Lipinski definition) is 4. The smallest absolute Gasteiger partial charge is 0.257 e. The molecule has 0 saturated heterocycles. The highest BCUT2D eigenvalue weighted by Crippen LogP contribution is 2.25. The zero-order chi connectivity index (χ0) is 24.0. The lowest BCUT2D eigenvalue weighted by Crippen LogP contribution is -2.36. The van der Waals surface area contributed by atoms with Gasteiger partial charge >= 0.3 is 0 Å². The van der Waals surface area contributed by atoms with Crippen LogP contribution in [0.3, 0.4) is 0 Å². The summed E-state index contributed by atoms with van der Waals surface area (Å²) >= 11 is 0. The van der Waals surface area contributed by atoms with Gasteiger partial charge in [0.15, 0.2) is 0 Å². The summed E-state index contributed by atoms with van der Waals surface area (Å²) < 4.78 is 7.42. The Bertz CT molecular complexity index is 1160. The SMILES string of the molecule is CCCn1cc(CN=C(NC(=O)c2ccc(C)c(C)c2)Nc2cc(C)ccc2OC)c(C)n1. The second kappa shape index (κ2) is 10.8. The number of amides is 1. The van der Waals surface area contributed by atoms with Crippen LogP contribution in [0, 0.1) is 27.7 Å². The zero-order valence-electron chi connectivity index (χ0n) is 20.3. The van der Waals surface area contributed by atoms with Crippen LogP contribution in [0.1, 0.15) is 51.7 Å². The van der Waals surface area contributed by atoms with Crippen LogP contribution < -0.4 is 15.4 Å². The second-order valence-electron chi connectivity index (χ2n) is 8.25. The van der Waals surface area contributed by atoms with E-state index in [1.54, 1.807) is 7.11 Å². The molecule has 2 N–H and O–H groups in total. The Morgan fingerprint density at radius 1 is 1.09 bits per heavy atom. The van der Waals surface area contributed by atoms with E-state index in [1.807, 2.05) is 75.0 Å². The number of aromatic nitrogens is 2. The summed E-state index contributed by atoms with van der Waals surface area (Å²) in [4.78, 5) is 17.7. The van der Waals surface area contributed by atoms with Crippen molar-refractivity contribution in [1.29, 1.82) is 0 Å². The van der Waals surface area contributed by atoms with Crippen molar-refractivity contribution in [2.45, 2.75) is 54.1 Å². The molecule has 0 aliphatic rings. The van der Waals surface area contributed by atoms with Crippen molar-refractivity contribution in [3.05, 3.63) is 76.1 Å². The Balaban J connectivity index is 1.90. The molecular formula is C26H33N5O2. The molecule has 174 valence electrons. The summed E-state index contributed by atoms with van der Waals surface area (Å²) in [5.41, 5.74) is 6.52. The molecule has 0 aliphatic heterocycles. The average Bonchev–Trinajstić information content (AvgIpc) is 3.13. The molecule has 0 saturated carbocycles. The van der Waals surface area contributed by atoms with Gasteiger partial charge in [0, 0.05) is 23.9 Å². The van der Waals surface area contributed by atoms with Crippen molar-refractivity contribution >= 4 is 17.6 Å². The quantitative estimate of drug-likeness (QED) is 0.397. The molecule has 3 aromatic rings. The lowest BCUT2D eigenvalue weighted by atomic mass is 10.1. The van der Waals surface area contributed by atoms with Gasteiger partial charge in [-0.15, -0.1) is 0 Å². The highest BCUT2D eigenvalue weighted by Gasteiger charge is 2.13. The highest BCUT2D eigenvalue weighted by atomic mass is 16.5. The molecule has 7 nitrogen and oxygen atoms in total. The molecule has 7 heteroatoms. The Hall–Kier alpha value is -3.61. The van der Waals surface area contributed by atoms with Crippen LogP contribution in [0.5, 0.6) is 5.75 Å². The molecule has 0 atom stereocenters. The van der Waals surface area contributed by atoms with Crippen molar-refractivity contribution < 1.29 is 9.53 Å². The number of carbonyl (C=O) groups excluding carboxylic acids is 1. The molecule has 1 amide bonds. The van der Waals surface area contributed by atoms with Crippen LogP contribution in [0.4, 0.5) is 5.69 Å². The second-order valence-corrected chi connectivity index (χ2v) is 8.25. The number of methoxy groups -OCH3 is 1. The van der Waals surface area contributed by atoms with Gasteiger partial charge in [0.1, 0.15) is 5.75 Å². The maximum Gasteiger partial charge on any atom is 0.257 e. The summed E-state index contributed by atoms with van der Waals surface area (Å²) in [6.07, 6.45) is 3.02. The molecule has 0 bridgehead atoms. The molecule has 0 fully saturated rings. The lowest BCUT2D eigenvalue weighted by Gasteiger charge is -2.15. The number of nitrogens with zero attached hydrogens (tertiary/aromatic N) is 3. The number of carbonyl (C=O) groups is 1. The fourth-order valence-electron chi connectivity index (χ4n) is 3.44. The van der Waals surface area contributed by atoms with Crippen LogP contribution in [0.2, 0.25) is 0 Å². The minimum atomic E-state index is -0.227. The Kier molecular flexibility index (Phi) is 7.87. The third-order valence-corrected chi connectivity index (χ3v) is 5.52. The highest BCUT2D eigenvalue weighted by molar-refractivity contribution is 6.10. The van der Waals surface area contributed by atoms with E-state index in [0.29, 0.717) is 23.8 Å². The zero-order valence-corrected chi connectivity index (χ0v) is 20.3. The molecule has 0 unspecified atom stereocenters. The first-order valence-corrected chi connectivity index (χ1v) is 11.2. The number of anilines is 1. The predicted molar refractivity (Wildman–Crippen MR) is 133 cm³/mol. The molecule has 2 aromatic carbocycles. The van der Waals surface area contributed by atoms with Gasteiger partial charge in [0.2, 0.25) is 5.96 Å². The van der Waals surface area contributed by atoms with E-state index in [9.17, 15) is 4.79 Å². The van der Waals surface area contributed by atoms with Gasteiger partial charge < -0.3 is 10.1 Å². The van der Waals surface area contributed by atoms with Gasteiger partial charge in [0.25, 0.3) is 5.91 Å². The maximum absolute atomic E-state index is 13.0. The Labute approximate surface area is 195 Å². The van der Waals surface area contributed by atoms with Gasteiger partial charge in [-0.25, -0.2) is 4.99 Å². The maximum atomic E-state index is 13.0. The van der Waals surface area contributed by atoms with Gasteiger partial charge in [-0.05, 0) is 75.1 Å². The van der Waals surface area contributed by atoms with E-state index in [1.165, 1.54) is 0 Å². The number of aryl methyl sites for hydroxylation is 5. The first-order valence-electron chi connectivity index (χ1n) is 11.2. The normalized spacial score (nSPS) is 11.4. The number of nitrogens with one attached hydrogen (secondary N) is 2. The van der Waals surface area contributed by atoms with Gasteiger partial charge in [-0.3, -0.25) is 14.8 Å². The van der Waals surface area contributed by atoms with Crippen LogP contribution in [0.15, 0.2) is 47.6 Å². The summed E-state index contributed by atoms with van der Waals surface area (Å²) in [6, 6.07) is 11.5. The van der Waals surface area contributed by atoms with Crippen molar-refractivity contribution in [1.82, 2.24) is 15.1 Å². The van der Waals surface area contributed by atoms with Crippen molar-refractivity contribution in [3.63, 3.8) is 0 Å². The topological polar surface area (TPSA) is 80.5 Å².